The zero-order valence-electron chi connectivity index (χ0n) is 14.3. The number of hydrogen-bond donors (Lipinski definition) is 2. The molecule has 1 unspecified atom stereocenters. The minimum absolute atomic E-state index is 0.167. The molecule has 0 heterocycles. The zero-order valence-corrected chi connectivity index (χ0v) is 15.1. The lowest BCUT2D eigenvalue weighted by molar-refractivity contribution is -0.155. The Morgan fingerprint density at radius 3 is 2.24 bits per heavy atom. The van der Waals surface area contributed by atoms with Gasteiger partial charge in [0.2, 0.25) is 0 Å². The largest absolute Gasteiger partial charge is 0.465 e. The first-order chi connectivity index (χ1) is 11.4. The van der Waals surface area contributed by atoms with Crippen LogP contribution < -0.4 is 0 Å². The Hall–Kier alpha value is -0.870. The fourth-order valence-electron chi connectivity index (χ4n) is 2.88. The highest BCUT2D eigenvalue weighted by Gasteiger charge is 2.52. The number of ether oxygens (including phenoxy) is 1. The summed E-state index contributed by atoms with van der Waals surface area (Å²) in [5, 5.41) is 5.30. The van der Waals surface area contributed by atoms with Crippen LogP contribution >= 0.6 is 0 Å². The first-order valence-corrected chi connectivity index (χ1v) is 9.68. The maximum Gasteiger partial charge on any atom is 0.400 e. The standard InChI is InChI=1S/C15H25F3O6S/c1-3-14(20,4-2)9-10-7-11(8-10)13(19)24-6-5-12(16)15(17,18)25(21,22)23/h10-12,20H,3-9H2,1-2H3,(H,21,22,23). The van der Waals surface area contributed by atoms with Gasteiger partial charge in [0.1, 0.15) is 0 Å². The van der Waals surface area contributed by atoms with E-state index in [1.54, 1.807) is 0 Å². The third kappa shape index (κ3) is 5.55. The van der Waals surface area contributed by atoms with E-state index in [4.69, 9.17) is 9.29 Å². The van der Waals surface area contributed by atoms with Gasteiger partial charge in [-0.3, -0.25) is 9.35 Å². The van der Waals surface area contributed by atoms with Crippen LogP contribution in [-0.2, 0) is 19.6 Å². The van der Waals surface area contributed by atoms with Gasteiger partial charge in [-0.05, 0) is 38.0 Å². The van der Waals surface area contributed by atoms with Crippen LogP contribution in [0.25, 0.3) is 0 Å². The maximum atomic E-state index is 13.2. The summed E-state index contributed by atoms with van der Waals surface area (Å²) in [6, 6.07) is 0. The van der Waals surface area contributed by atoms with Gasteiger partial charge in [-0.25, -0.2) is 4.39 Å². The summed E-state index contributed by atoms with van der Waals surface area (Å²) < 4.78 is 73.0. The molecule has 0 bridgehead atoms. The van der Waals surface area contributed by atoms with Gasteiger partial charge in [0, 0.05) is 6.42 Å². The van der Waals surface area contributed by atoms with Crippen LogP contribution in [0.5, 0.6) is 0 Å². The summed E-state index contributed by atoms with van der Waals surface area (Å²) in [5.74, 6) is -0.918. The van der Waals surface area contributed by atoms with E-state index < -0.39 is 52.1 Å². The smallest absolute Gasteiger partial charge is 0.400 e. The monoisotopic (exact) mass is 390 g/mol. The Bertz CT molecular complexity index is 556. The van der Waals surface area contributed by atoms with Crippen LogP contribution in [0.1, 0.15) is 52.4 Å². The van der Waals surface area contributed by atoms with Crippen molar-refractivity contribution in [3.8, 4) is 0 Å². The predicted molar refractivity (Wildman–Crippen MR) is 83.3 cm³/mol. The molecule has 148 valence electrons. The summed E-state index contributed by atoms with van der Waals surface area (Å²) in [6.07, 6.45) is -1.43. The van der Waals surface area contributed by atoms with Gasteiger partial charge in [-0.2, -0.15) is 17.2 Å². The van der Waals surface area contributed by atoms with Crippen LogP contribution in [0, 0.1) is 11.8 Å². The van der Waals surface area contributed by atoms with E-state index in [9.17, 15) is 31.5 Å². The van der Waals surface area contributed by atoms with Gasteiger partial charge >= 0.3 is 21.3 Å². The van der Waals surface area contributed by atoms with E-state index >= 15 is 0 Å². The Morgan fingerprint density at radius 1 is 1.28 bits per heavy atom. The number of alkyl halides is 3. The van der Waals surface area contributed by atoms with Crippen LogP contribution in [0.2, 0.25) is 0 Å². The minimum Gasteiger partial charge on any atom is -0.465 e. The van der Waals surface area contributed by atoms with Gasteiger partial charge in [-0.1, -0.05) is 13.8 Å². The van der Waals surface area contributed by atoms with Crippen molar-refractivity contribution in [2.24, 2.45) is 11.8 Å². The number of carbonyl (C=O) groups excluding carboxylic acids is 1. The highest BCUT2D eigenvalue weighted by Crippen LogP contribution is 2.41. The van der Waals surface area contributed by atoms with Gasteiger partial charge in [0.05, 0.1) is 18.1 Å². The number of carbonyl (C=O) groups is 1. The van der Waals surface area contributed by atoms with Crippen molar-refractivity contribution >= 4 is 16.1 Å². The van der Waals surface area contributed by atoms with Crippen LogP contribution in [0.3, 0.4) is 0 Å². The van der Waals surface area contributed by atoms with Crippen LogP contribution in [0.4, 0.5) is 13.2 Å². The number of aliphatic hydroxyl groups is 1. The van der Waals surface area contributed by atoms with E-state index in [0.717, 1.165) is 0 Å². The van der Waals surface area contributed by atoms with Crippen molar-refractivity contribution in [1.29, 1.82) is 0 Å². The molecule has 0 spiro atoms. The third-order valence-corrected chi connectivity index (χ3v) is 5.82. The molecular weight excluding hydrogens is 365 g/mol. The molecule has 0 saturated heterocycles. The van der Waals surface area contributed by atoms with Gasteiger partial charge in [-0.15, -0.1) is 0 Å². The molecule has 10 heteroatoms. The molecule has 0 amide bonds. The van der Waals surface area contributed by atoms with Crippen LogP contribution in [-0.4, -0.2) is 47.7 Å². The molecule has 6 nitrogen and oxygen atoms in total. The van der Waals surface area contributed by atoms with E-state index in [2.05, 4.69) is 0 Å². The fraction of sp³-hybridized carbons (Fsp3) is 0.933. The molecule has 1 aliphatic rings. The number of halogens is 3. The predicted octanol–water partition coefficient (Wildman–Crippen LogP) is 2.71. The van der Waals surface area contributed by atoms with Crippen LogP contribution in [0.15, 0.2) is 0 Å². The lowest BCUT2D eigenvalue weighted by atomic mass is 9.69. The number of hydrogen-bond acceptors (Lipinski definition) is 5. The molecule has 1 fully saturated rings. The molecule has 0 aliphatic heterocycles. The summed E-state index contributed by atoms with van der Waals surface area (Å²) >= 11 is 0. The van der Waals surface area contributed by atoms with Crippen molar-refractivity contribution in [3.05, 3.63) is 0 Å². The summed E-state index contributed by atoms with van der Waals surface area (Å²) in [4.78, 5) is 11.7. The molecule has 0 aromatic rings. The second-order valence-corrected chi connectivity index (χ2v) is 8.12. The minimum atomic E-state index is -5.86. The highest BCUT2D eigenvalue weighted by molar-refractivity contribution is 7.86. The molecule has 2 N–H and O–H groups in total. The van der Waals surface area contributed by atoms with E-state index in [1.165, 1.54) is 0 Å². The second kappa shape index (κ2) is 8.22. The average molecular weight is 390 g/mol. The van der Waals surface area contributed by atoms with Gasteiger partial charge in [0.15, 0.2) is 6.17 Å². The molecule has 1 saturated carbocycles. The molecule has 1 atom stereocenters. The first-order valence-electron chi connectivity index (χ1n) is 8.24. The lowest BCUT2D eigenvalue weighted by Gasteiger charge is -2.39. The van der Waals surface area contributed by atoms with Crippen molar-refractivity contribution in [1.82, 2.24) is 0 Å². The Balaban J connectivity index is 2.34. The zero-order chi connectivity index (χ0) is 19.5. The molecular formula is C15H25F3O6S. The summed E-state index contributed by atoms with van der Waals surface area (Å²) in [6.45, 7) is 3.05. The average Bonchev–Trinajstić information content (AvgIpc) is 2.48. The molecule has 0 aromatic heterocycles. The van der Waals surface area contributed by atoms with Crippen molar-refractivity contribution < 1.29 is 40.8 Å². The van der Waals surface area contributed by atoms with Gasteiger partial charge < -0.3 is 9.84 Å². The maximum absolute atomic E-state index is 13.2. The lowest BCUT2D eigenvalue weighted by Crippen LogP contribution is -2.40. The first kappa shape index (κ1) is 22.2. The normalized spacial score (nSPS) is 23.0. The Kier molecular flexibility index (Phi) is 7.29. The quantitative estimate of drug-likeness (QED) is 0.439. The molecule has 1 rings (SSSR count). The van der Waals surface area contributed by atoms with Gasteiger partial charge in [0.25, 0.3) is 0 Å². The summed E-state index contributed by atoms with van der Waals surface area (Å²) in [7, 11) is -5.86. The molecule has 0 aromatic carbocycles. The Labute approximate surface area is 145 Å². The van der Waals surface area contributed by atoms with Crippen molar-refractivity contribution in [2.45, 2.75) is 69.4 Å². The second-order valence-electron chi connectivity index (χ2n) is 6.63. The van der Waals surface area contributed by atoms with E-state index in [0.29, 0.717) is 32.1 Å². The molecule has 0 radical (unpaired) electrons. The Morgan fingerprint density at radius 2 is 1.80 bits per heavy atom. The molecule has 25 heavy (non-hydrogen) atoms. The van der Waals surface area contributed by atoms with E-state index in [1.807, 2.05) is 13.8 Å². The highest BCUT2D eigenvalue weighted by atomic mass is 32.2. The number of rotatable bonds is 10. The van der Waals surface area contributed by atoms with E-state index in [-0.39, 0.29) is 5.92 Å². The SMILES string of the molecule is CCC(O)(CC)CC1CC(C(=O)OCCC(F)C(F)(F)S(=O)(=O)O)C1. The topological polar surface area (TPSA) is 101 Å². The fourth-order valence-corrected chi connectivity index (χ4v) is 3.32. The van der Waals surface area contributed by atoms with Crippen molar-refractivity contribution in [2.75, 3.05) is 6.61 Å². The summed E-state index contributed by atoms with van der Waals surface area (Å²) in [5.41, 5.74) is -0.762. The number of esters is 1. The third-order valence-electron chi connectivity index (χ3n) is 4.88. The molecule has 1 aliphatic carbocycles. The van der Waals surface area contributed by atoms with Crippen molar-refractivity contribution in [3.63, 3.8) is 0 Å².